The first-order valence-electron chi connectivity index (χ1n) is 7.20. The molecule has 1 aliphatic rings. The van der Waals surface area contributed by atoms with Crippen molar-refractivity contribution < 1.29 is 14.7 Å². The minimum Gasteiger partial charge on any atom is -0.481 e. The van der Waals surface area contributed by atoms with Gasteiger partial charge in [-0.2, -0.15) is 0 Å². The highest BCUT2D eigenvalue weighted by Crippen LogP contribution is 2.21. The molecule has 1 aromatic carbocycles. The molecule has 1 unspecified atom stereocenters. The van der Waals surface area contributed by atoms with Crippen LogP contribution >= 0.6 is 0 Å². The summed E-state index contributed by atoms with van der Waals surface area (Å²) in [4.78, 5) is 39.8. The summed E-state index contributed by atoms with van der Waals surface area (Å²) in [5.41, 5.74) is 0.587. The number of nitrogens with one attached hydrogen (secondary N) is 1. The minimum atomic E-state index is -0.881. The number of fused-ring (bicyclic) bond motifs is 1. The van der Waals surface area contributed by atoms with Crippen LogP contribution in [-0.4, -0.2) is 40.0 Å². The first kappa shape index (κ1) is 14.3. The first-order valence-corrected chi connectivity index (χ1v) is 7.20. The highest BCUT2D eigenvalue weighted by molar-refractivity contribution is 6.06. The summed E-state index contributed by atoms with van der Waals surface area (Å²) in [6, 6.07) is 8.39. The molecule has 2 aromatic rings. The molecule has 1 atom stereocenters. The Labute approximate surface area is 126 Å². The smallest absolute Gasteiger partial charge is 0.308 e. The zero-order chi connectivity index (χ0) is 15.7. The Hall–Kier alpha value is -2.63. The Morgan fingerprint density at radius 1 is 1.27 bits per heavy atom. The number of rotatable bonds is 2. The van der Waals surface area contributed by atoms with E-state index in [9.17, 15) is 14.4 Å². The second-order valence-electron chi connectivity index (χ2n) is 5.52. The van der Waals surface area contributed by atoms with E-state index in [1.807, 2.05) is 0 Å². The number of hydrogen-bond acceptors (Lipinski definition) is 3. The number of benzene rings is 1. The Bertz CT molecular complexity index is 796. The number of carbonyl (C=O) groups excluding carboxylic acids is 1. The standard InChI is InChI=1S/C16H16N2O4/c19-14-8-12(11-5-1-2-6-13(11)17-14)15(20)18-7-3-4-10(9-18)16(21)22/h1-2,5-6,8,10H,3-4,7,9H2,(H,17,19)(H,21,22). The lowest BCUT2D eigenvalue weighted by molar-refractivity contribution is -0.143. The number of H-pyrrole nitrogens is 1. The van der Waals surface area contributed by atoms with Crippen LogP contribution in [0.5, 0.6) is 0 Å². The number of piperidine rings is 1. The molecule has 1 amide bonds. The molecule has 1 saturated heterocycles. The summed E-state index contributed by atoms with van der Waals surface area (Å²) < 4.78 is 0. The molecule has 0 saturated carbocycles. The van der Waals surface area contributed by atoms with Crippen LogP contribution < -0.4 is 5.56 Å². The molecule has 6 nitrogen and oxygen atoms in total. The van der Waals surface area contributed by atoms with Crippen molar-refractivity contribution in [3.8, 4) is 0 Å². The van der Waals surface area contributed by atoms with Crippen molar-refractivity contribution in [3.63, 3.8) is 0 Å². The van der Waals surface area contributed by atoms with Crippen LogP contribution in [0.25, 0.3) is 10.9 Å². The number of carboxylic acids is 1. The normalized spacial score (nSPS) is 18.4. The molecule has 1 aromatic heterocycles. The number of aromatic nitrogens is 1. The zero-order valence-electron chi connectivity index (χ0n) is 11.9. The number of carboxylic acid groups (broad SMARTS) is 1. The second kappa shape index (κ2) is 5.63. The predicted octanol–water partition coefficient (Wildman–Crippen LogP) is 1.46. The number of aromatic amines is 1. The van der Waals surface area contributed by atoms with Crippen LogP contribution in [0.4, 0.5) is 0 Å². The lowest BCUT2D eigenvalue weighted by Gasteiger charge is -2.31. The fraction of sp³-hybridized carbons (Fsp3) is 0.312. The molecular weight excluding hydrogens is 284 g/mol. The van der Waals surface area contributed by atoms with E-state index in [-0.39, 0.29) is 18.0 Å². The number of hydrogen-bond donors (Lipinski definition) is 2. The monoisotopic (exact) mass is 300 g/mol. The molecule has 1 aliphatic heterocycles. The number of carbonyl (C=O) groups is 2. The summed E-state index contributed by atoms with van der Waals surface area (Å²) in [6.45, 7) is 0.707. The van der Waals surface area contributed by atoms with E-state index in [2.05, 4.69) is 4.98 Å². The third kappa shape index (κ3) is 2.59. The van der Waals surface area contributed by atoms with Gasteiger partial charge < -0.3 is 15.0 Å². The van der Waals surface area contributed by atoms with Gasteiger partial charge in [0.05, 0.1) is 11.5 Å². The van der Waals surface area contributed by atoms with Crippen molar-refractivity contribution in [1.82, 2.24) is 9.88 Å². The van der Waals surface area contributed by atoms with Gasteiger partial charge in [-0.05, 0) is 18.9 Å². The number of aliphatic carboxylic acids is 1. The van der Waals surface area contributed by atoms with Crippen LogP contribution in [0.3, 0.4) is 0 Å². The average Bonchev–Trinajstić information content (AvgIpc) is 2.53. The summed E-state index contributed by atoms with van der Waals surface area (Å²) in [6.07, 6.45) is 1.24. The van der Waals surface area contributed by atoms with Crippen LogP contribution in [0, 0.1) is 5.92 Å². The Morgan fingerprint density at radius 3 is 2.82 bits per heavy atom. The van der Waals surface area contributed by atoms with E-state index in [4.69, 9.17) is 5.11 Å². The molecule has 0 spiro atoms. The summed E-state index contributed by atoms with van der Waals surface area (Å²) in [5.74, 6) is -1.70. The van der Waals surface area contributed by atoms with Crippen molar-refractivity contribution >= 4 is 22.8 Å². The third-order valence-electron chi connectivity index (χ3n) is 4.04. The lowest BCUT2D eigenvalue weighted by atomic mass is 9.97. The van der Waals surface area contributed by atoms with Gasteiger partial charge in [-0.3, -0.25) is 14.4 Å². The number of nitrogens with zero attached hydrogens (tertiary/aromatic N) is 1. The molecule has 0 radical (unpaired) electrons. The third-order valence-corrected chi connectivity index (χ3v) is 4.04. The molecule has 6 heteroatoms. The van der Waals surface area contributed by atoms with E-state index in [0.29, 0.717) is 35.9 Å². The van der Waals surface area contributed by atoms with Gasteiger partial charge >= 0.3 is 5.97 Å². The topological polar surface area (TPSA) is 90.5 Å². The quantitative estimate of drug-likeness (QED) is 0.878. The highest BCUT2D eigenvalue weighted by atomic mass is 16.4. The van der Waals surface area contributed by atoms with Crippen LogP contribution in [0.15, 0.2) is 35.1 Å². The largest absolute Gasteiger partial charge is 0.481 e. The van der Waals surface area contributed by atoms with E-state index < -0.39 is 11.9 Å². The van der Waals surface area contributed by atoms with Crippen molar-refractivity contribution in [1.29, 1.82) is 0 Å². The van der Waals surface area contributed by atoms with Gasteiger partial charge in [0.25, 0.3) is 5.91 Å². The van der Waals surface area contributed by atoms with Gasteiger partial charge in [-0.1, -0.05) is 18.2 Å². The first-order chi connectivity index (χ1) is 10.6. The van der Waals surface area contributed by atoms with Crippen LogP contribution in [0.2, 0.25) is 0 Å². The molecule has 0 aliphatic carbocycles. The van der Waals surface area contributed by atoms with E-state index >= 15 is 0 Å². The highest BCUT2D eigenvalue weighted by Gasteiger charge is 2.29. The summed E-state index contributed by atoms with van der Waals surface area (Å²) >= 11 is 0. The molecule has 2 N–H and O–H groups in total. The fourth-order valence-corrected chi connectivity index (χ4v) is 2.92. The number of pyridine rings is 1. The molecule has 2 heterocycles. The zero-order valence-corrected chi connectivity index (χ0v) is 11.9. The van der Waals surface area contributed by atoms with Crippen molar-refractivity contribution in [2.24, 2.45) is 5.92 Å². The maximum atomic E-state index is 12.7. The Morgan fingerprint density at radius 2 is 2.05 bits per heavy atom. The Kier molecular flexibility index (Phi) is 3.66. The van der Waals surface area contributed by atoms with Gasteiger partial charge in [-0.15, -0.1) is 0 Å². The van der Waals surface area contributed by atoms with Gasteiger partial charge in [0.15, 0.2) is 0 Å². The minimum absolute atomic E-state index is 0.190. The fourth-order valence-electron chi connectivity index (χ4n) is 2.92. The second-order valence-corrected chi connectivity index (χ2v) is 5.52. The van der Waals surface area contributed by atoms with Crippen molar-refractivity contribution in [2.45, 2.75) is 12.8 Å². The molecule has 0 bridgehead atoms. The van der Waals surface area contributed by atoms with Gasteiger partial charge in [0.2, 0.25) is 5.56 Å². The summed E-state index contributed by atoms with van der Waals surface area (Å²) in [7, 11) is 0. The number of likely N-dealkylation sites (tertiary alicyclic amines) is 1. The lowest BCUT2D eigenvalue weighted by Crippen LogP contribution is -2.42. The molecule has 3 rings (SSSR count). The van der Waals surface area contributed by atoms with E-state index in [1.165, 1.54) is 11.0 Å². The Balaban J connectivity index is 1.98. The average molecular weight is 300 g/mol. The molecule has 114 valence electrons. The summed E-state index contributed by atoms with van der Waals surface area (Å²) in [5, 5.41) is 9.80. The van der Waals surface area contributed by atoms with Crippen LogP contribution in [-0.2, 0) is 4.79 Å². The molecule has 1 fully saturated rings. The maximum Gasteiger partial charge on any atom is 0.308 e. The van der Waals surface area contributed by atoms with Crippen LogP contribution in [0.1, 0.15) is 23.2 Å². The SMILES string of the molecule is O=C(O)C1CCCN(C(=O)c2cc(=O)[nH]c3ccccc23)C1. The van der Waals surface area contributed by atoms with Crippen molar-refractivity contribution in [2.75, 3.05) is 13.1 Å². The molecule has 22 heavy (non-hydrogen) atoms. The van der Waals surface area contributed by atoms with Gasteiger partial charge in [-0.25, -0.2) is 0 Å². The maximum absolute atomic E-state index is 12.7. The molecular formula is C16H16N2O4. The van der Waals surface area contributed by atoms with Gasteiger partial charge in [0, 0.05) is 30.1 Å². The van der Waals surface area contributed by atoms with E-state index in [1.54, 1.807) is 24.3 Å². The van der Waals surface area contributed by atoms with E-state index in [0.717, 1.165) is 0 Å². The van der Waals surface area contributed by atoms with Gasteiger partial charge in [0.1, 0.15) is 0 Å². The predicted molar refractivity (Wildman–Crippen MR) is 80.8 cm³/mol. The number of para-hydroxylation sites is 1. The number of amides is 1. The van der Waals surface area contributed by atoms with Crippen molar-refractivity contribution in [3.05, 3.63) is 46.2 Å².